The van der Waals surface area contributed by atoms with E-state index in [1.54, 1.807) is 17.4 Å². The number of carboxylic acid groups (broad SMARTS) is 1. The number of nitrogens with zero attached hydrogens (tertiary/aromatic N) is 2. The number of thiophene rings is 1. The van der Waals surface area contributed by atoms with Gasteiger partial charge in [-0.2, -0.15) is 0 Å². The minimum Gasteiger partial charge on any atom is -0.478 e. The molecule has 0 bridgehead atoms. The quantitative estimate of drug-likeness (QED) is 0.942. The van der Waals surface area contributed by atoms with Gasteiger partial charge >= 0.3 is 5.97 Å². The zero-order chi connectivity index (χ0) is 14.1. The molecule has 1 fully saturated rings. The number of hydrogen-bond donors (Lipinski definition) is 1. The summed E-state index contributed by atoms with van der Waals surface area (Å²) >= 11 is 1.61. The fourth-order valence-electron chi connectivity index (χ4n) is 2.59. The molecule has 0 aliphatic carbocycles. The van der Waals surface area contributed by atoms with Crippen molar-refractivity contribution in [2.45, 2.75) is 6.54 Å². The molecular weight excluding hydrogens is 272 g/mol. The molecule has 0 unspecified atom stereocenters. The molecule has 1 aliphatic heterocycles. The molecule has 5 heteroatoms. The lowest BCUT2D eigenvalue weighted by molar-refractivity contribution is 0.0699. The van der Waals surface area contributed by atoms with Gasteiger partial charge in [0.2, 0.25) is 0 Å². The molecule has 0 spiro atoms. The van der Waals surface area contributed by atoms with Gasteiger partial charge in [0, 0.05) is 42.3 Å². The molecular formula is C15H18N2O2S. The van der Waals surface area contributed by atoms with Gasteiger partial charge in [0.25, 0.3) is 0 Å². The average molecular weight is 290 g/mol. The van der Waals surface area contributed by atoms with Gasteiger partial charge in [-0.1, -0.05) is 12.1 Å². The van der Waals surface area contributed by atoms with Crippen LogP contribution in [0.5, 0.6) is 0 Å². The van der Waals surface area contributed by atoms with E-state index in [4.69, 9.17) is 0 Å². The Bertz CT molecular complexity index is 630. The molecule has 1 N–H and O–H groups in total. The van der Waals surface area contributed by atoms with E-state index in [1.165, 1.54) is 4.88 Å². The summed E-state index contributed by atoms with van der Waals surface area (Å²) in [5, 5.41) is 10.3. The maximum absolute atomic E-state index is 11.2. The summed E-state index contributed by atoms with van der Waals surface area (Å²) in [6.45, 7) is 5.29. The van der Waals surface area contributed by atoms with E-state index in [1.807, 2.05) is 12.1 Å². The van der Waals surface area contributed by atoms with E-state index in [0.717, 1.165) is 42.8 Å². The van der Waals surface area contributed by atoms with Crippen LogP contribution in [0.3, 0.4) is 0 Å². The zero-order valence-electron chi connectivity index (χ0n) is 11.5. The van der Waals surface area contributed by atoms with E-state index >= 15 is 0 Å². The van der Waals surface area contributed by atoms with Crippen LogP contribution in [0.2, 0.25) is 0 Å². The number of piperazine rings is 1. The molecule has 1 aliphatic rings. The van der Waals surface area contributed by atoms with Crippen LogP contribution in [0, 0.1) is 0 Å². The van der Waals surface area contributed by atoms with Crippen LogP contribution >= 0.6 is 11.3 Å². The van der Waals surface area contributed by atoms with E-state index in [2.05, 4.69) is 22.9 Å². The van der Waals surface area contributed by atoms with Crippen LogP contribution in [-0.2, 0) is 6.54 Å². The Balaban J connectivity index is 1.82. The Kier molecular flexibility index (Phi) is 3.74. The molecule has 1 aromatic carbocycles. The summed E-state index contributed by atoms with van der Waals surface area (Å²) in [6, 6.07) is 7.62. The van der Waals surface area contributed by atoms with Crippen molar-refractivity contribution in [2.24, 2.45) is 0 Å². The summed E-state index contributed by atoms with van der Waals surface area (Å²) in [5.41, 5.74) is 0.414. The minimum atomic E-state index is -0.844. The third-order valence-corrected chi connectivity index (χ3v) is 4.97. The predicted octanol–water partition coefficient (Wildman–Crippen LogP) is 2.35. The fourth-order valence-corrected chi connectivity index (χ4v) is 3.79. The molecule has 20 heavy (non-hydrogen) atoms. The molecule has 1 aromatic heterocycles. The van der Waals surface area contributed by atoms with Crippen molar-refractivity contribution in [3.8, 4) is 0 Å². The summed E-state index contributed by atoms with van der Waals surface area (Å²) in [5.74, 6) is -0.844. The van der Waals surface area contributed by atoms with Crippen molar-refractivity contribution >= 4 is 27.4 Å². The van der Waals surface area contributed by atoms with Crippen molar-refractivity contribution < 1.29 is 9.90 Å². The number of benzene rings is 1. The van der Waals surface area contributed by atoms with Gasteiger partial charge < -0.3 is 10.0 Å². The van der Waals surface area contributed by atoms with Crippen molar-refractivity contribution in [1.82, 2.24) is 9.80 Å². The molecule has 0 atom stereocenters. The summed E-state index contributed by atoms with van der Waals surface area (Å²) in [6.07, 6.45) is 0. The summed E-state index contributed by atoms with van der Waals surface area (Å²) < 4.78 is 0.893. The lowest BCUT2D eigenvalue weighted by Gasteiger charge is -2.31. The number of aromatic carboxylic acids is 1. The maximum Gasteiger partial charge on any atom is 0.337 e. The largest absolute Gasteiger partial charge is 0.478 e. The van der Waals surface area contributed by atoms with Gasteiger partial charge in [-0.15, -0.1) is 11.3 Å². The molecule has 1 saturated heterocycles. The predicted molar refractivity (Wildman–Crippen MR) is 81.6 cm³/mol. The van der Waals surface area contributed by atoms with Crippen molar-refractivity contribution in [3.05, 3.63) is 34.7 Å². The molecule has 0 saturated carbocycles. The first-order valence-corrected chi connectivity index (χ1v) is 7.61. The Morgan fingerprint density at radius 3 is 2.75 bits per heavy atom. The Labute approximate surface area is 122 Å². The van der Waals surface area contributed by atoms with Crippen LogP contribution in [-0.4, -0.2) is 54.1 Å². The number of likely N-dealkylation sites (N-methyl/N-ethyl adjacent to an activating group) is 1. The minimum absolute atomic E-state index is 0.414. The first-order valence-electron chi connectivity index (χ1n) is 6.79. The Morgan fingerprint density at radius 1 is 1.30 bits per heavy atom. The van der Waals surface area contributed by atoms with Crippen LogP contribution < -0.4 is 0 Å². The second-order valence-electron chi connectivity index (χ2n) is 5.32. The molecule has 2 aromatic rings. The number of carboxylic acids is 1. The SMILES string of the molecule is CN1CCN(Cc2cc3cccc(C(=O)O)c3s2)CC1. The molecule has 2 heterocycles. The lowest BCUT2D eigenvalue weighted by atomic mass is 10.1. The standard InChI is InChI=1S/C15H18N2O2S/c1-16-5-7-17(8-6-16)10-12-9-11-3-2-4-13(15(18)19)14(11)20-12/h2-4,9H,5-8,10H2,1H3,(H,18,19). The van der Waals surface area contributed by atoms with Gasteiger partial charge in [-0.05, 0) is 24.6 Å². The van der Waals surface area contributed by atoms with E-state index < -0.39 is 5.97 Å². The number of rotatable bonds is 3. The van der Waals surface area contributed by atoms with Crippen molar-refractivity contribution in [3.63, 3.8) is 0 Å². The second kappa shape index (κ2) is 5.52. The highest BCUT2D eigenvalue weighted by Crippen LogP contribution is 2.29. The van der Waals surface area contributed by atoms with Crippen LogP contribution in [0.4, 0.5) is 0 Å². The van der Waals surface area contributed by atoms with Gasteiger partial charge in [0.05, 0.1) is 5.56 Å². The number of carbonyl (C=O) groups is 1. The molecule has 4 nitrogen and oxygen atoms in total. The van der Waals surface area contributed by atoms with Gasteiger partial charge in [-0.25, -0.2) is 4.79 Å². The molecule has 106 valence electrons. The lowest BCUT2D eigenvalue weighted by Crippen LogP contribution is -2.43. The van der Waals surface area contributed by atoms with Crippen LogP contribution in [0.15, 0.2) is 24.3 Å². The van der Waals surface area contributed by atoms with Crippen LogP contribution in [0.25, 0.3) is 10.1 Å². The number of hydrogen-bond acceptors (Lipinski definition) is 4. The van der Waals surface area contributed by atoms with Crippen LogP contribution in [0.1, 0.15) is 15.2 Å². The van der Waals surface area contributed by atoms with E-state index in [-0.39, 0.29) is 0 Å². The molecule has 0 radical (unpaired) electrons. The highest BCUT2D eigenvalue weighted by molar-refractivity contribution is 7.19. The highest BCUT2D eigenvalue weighted by Gasteiger charge is 2.16. The van der Waals surface area contributed by atoms with E-state index in [0.29, 0.717) is 5.56 Å². The van der Waals surface area contributed by atoms with Gasteiger partial charge in [-0.3, -0.25) is 4.90 Å². The molecule has 0 amide bonds. The summed E-state index contributed by atoms with van der Waals surface area (Å²) in [7, 11) is 2.15. The first-order chi connectivity index (χ1) is 9.63. The van der Waals surface area contributed by atoms with Gasteiger partial charge in [0.15, 0.2) is 0 Å². The second-order valence-corrected chi connectivity index (χ2v) is 6.46. The monoisotopic (exact) mass is 290 g/mol. The number of fused-ring (bicyclic) bond motifs is 1. The normalized spacial score (nSPS) is 17.6. The Hall–Kier alpha value is -1.43. The zero-order valence-corrected chi connectivity index (χ0v) is 12.3. The average Bonchev–Trinajstić information content (AvgIpc) is 2.83. The van der Waals surface area contributed by atoms with Crippen molar-refractivity contribution in [2.75, 3.05) is 33.2 Å². The maximum atomic E-state index is 11.2. The highest BCUT2D eigenvalue weighted by atomic mass is 32.1. The fraction of sp³-hybridized carbons (Fsp3) is 0.400. The first kappa shape index (κ1) is 13.5. The third-order valence-electron chi connectivity index (χ3n) is 3.80. The van der Waals surface area contributed by atoms with Gasteiger partial charge in [0.1, 0.15) is 0 Å². The Morgan fingerprint density at radius 2 is 2.05 bits per heavy atom. The summed E-state index contributed by atoms with van der Waals surface area (Å²) in [4.78, 5) is 17.3. The smallest absolute Gasteiger partial charge is 0.337 e. The molecule has 3 rings (SSSR count). The van der Waals surface area contributed by atoms with E-state index in [9.17, 15) is 9.90 Å². The van der Waals surface area contributed by atoms with Crippen molar-refractivity contribution in [1.29, 1.82) is 0 Å². The topological polar surface area (TPSA) is 43.8 Å². The third kappa shape index (κ3) is 2.70.